The Morgan fingerprint density at radius 2 is 2.11 bits per heavy atom. The predicted octanol–water partition coefficient (Wildman–Crippen LogP) is 1.50. The van der Waals surface area contributed by atoms with E-state index in [0.29, 0.717) is 5.54 Å². The van der Waals surface area contributed by atoms with Crippen molar-refractivity contribution in [1.29, 1.82) is 0 Å². The van der Waals surface area contributed by atoms with Gasteiger partial charge in [-0.1, -0.05) is 12.8 Å². The van der Waals surface area contributed by atoms with E-state index >= 15 is 0 Å². The third kappa shape index (κ3) is 2.54. The largest absolute Gasteiger partial charge is 0.309 e. The molecule has 0 atom stereocenters. The van der Waals surface area contributed by atoms with Crippen molar-refractivity contribution in [3.8, 4) is 0 Å². The fourth-order valence-electron chi connectivity index (χ4n) is 3.29. The highest BCUT2D eigenvalue weighted by molar-refractivity contribution is 5.03. The molecule has 2 fully saturated rings. The maximum atomic E-state index is 4.46. The lowest BCUT2D eigenvalue weighted by atomic mass is 9.94. The second-order valence-corrected chi connectivity index (χ2v) is 5.77. The lowest BCUT2D eigenvalue weighted by Crippen LogP contribution is -2.58. The van der Waals surface area contributed by atoms with Gasteiger partial charge < -0.3 is 5.32 Å². The van der Waals surface area contributed by atoms with E-state index in [2.05, 4.69) is 20.2 Å². The quantitative estimate of drug-likeness (QED) is 0.858. The van der Waals surface area contributed by atoms with Gasteiger partial charge in [0.15, 0.2) is 0 Å². The van der Waals surface area contributed by atoms with Gasteiger partial charge in [0, 0.05) is 44.1 Å². The van der Waals surface area contributed by atoms with E-state index in [9.17, 15) is 0 Å². The lowest BCUT2D eigenvalue weighted by molar-refractivity contribution is 0.127. The molecule has 3 rings (SSSR count). The van der Waals surface area contributed by atoms with Crippen molar-refractivity contribution in [3.63, 3.8) is 0 Å². The zero-order valence-corrected chi connectivity index (χ0v) is 11.2. The maximum absolute atomic E-state index is 4.46. The van der Waals surface area contributed by atoms with Gasteiger partial charge in [-0.15, -0.1) is 0 Å². The van der Waals surface area contributed by atoms with Crippen LogP contribution < -0.4 is 5.32 Å². The Kier molecular flexibility index (Phi) is 3.31. The number of nitrogens with zero attached hydrogens (tertiary/aromatic N) is 3. The van der Waals surface area contributed by atoms with Crippen LogP contribution in [0.2, 0.25) is 0 Å². The highest BCUT2D eigenvalue weighted by Crippen LogP contribution is 2.32. The molecule has 2 heterocycles. The molecule has 1 saturated carbocycles. The number of hydrogen-bond donors (Lipinski definition) is 1. The average Bonchev–Trinajstić information content (AvgIpc) is 2.80. The zero-order valence-electron chi connectivity index (χ0n) is 11.2. The number of hydrogen-bond acceptors (Lipinski definition) is 4. The molecule has 1 aromatic heterocycles. The molecule has 1 N–H and O–H groups in total. The molecule has 4 heteroatoms. The van der Waals surface area contributed by atoms with Gasteiger partial charge in [0.25, 0.3) is 0 Å². The van der Waals surface area contributed by atoms with E-state index in [1.165, 1.54) is 32.2 Å². The van der Waals surface area contributed by atoms with Gasteiger partial charge in [0.05, 0.1) is 11.4 Å². The predicted molar refractivity (Wildman–Crippen MR) is 71.2 cm³/mol. The summed E-state index contributed by atoms with van der Waals surface area (Å²) in [6.45, 7) is 6.32. The maximum Gasteiger partial charge on any atom is 0.0727 e. The van der Waals surface area contributed by atoms with Gasteiger partial charge in [-0.2, -0.15) is 0 Å². The van der Waals surface area contributed by atoms with Crippen molar-refractivity contribution >= 4 is 0 Å². The first-order valence-electron chi connectivity index (χ1n) is 7.01. The topological polar surface area (TPSA) is 41.1 Å². The molecule has 1 aromatic rings. The Labute approximate surface area is 109 Å². The fraction of sp³-hybridized carbons (Fsp3) is 0.714. The molecule has 1 aliphatic heterocycles. The van der Waals surface area contributed by atoms with Crippen LogP contribution in [0.5, 0.6) is 0 Å². The summed E-state index contributed by atoms with van der Waals surface area (Å²) in [5, 5.41) is 3.74. The van der Waals surface area contributed by atoms with Crippen LogP contribution in [0.15, 0.2) is 12.4 Å². The number of piperazine rings is 1. The van der Waals surface area contributed by atoms with E-state index in [0.717, 1.165) is 31.0 Å². The Bertz CT molecular complexity index is 395. The standard InChI is InChI=1S/C14H22N4/c1-12-8-16-13(9-15-12)10-18-7-6-17-14(11-18)4-2-3-5-14/h8-9,17H,2-7,10-11H2,1H3. The van der Waals surface area contributed by atoms with Gasteiger partial charge in [-0.25, -0.2) is 0 Å². The summed E-state index contributed by atoms with van der Waals surface area (Å²) < 4.78 is 0. The first kappa shape index (κ1) is 12.1. The molecule has 0 unspecified atom stereocenters. The molecule has 1 aliphatic carbocycles. The van der Waals surface area contributed by atoms with Crippen LogP contribution in [-0.4, -0.2) is 40.0 Å². The third-order valence-corrected chi connectivity index (χ3v) is 4.23. The Morgan fingerprint density at radius 3 is 2.83 bits per heavy atom. The molecule has 4 nitrogen and oxygen atoms in total. The van der Waals surface area contributed by atoms with Gasteiger partial charge in [0.1, 0.15) is 0 Å². The Balaban J connectivity index is 1.64. The van der Waals surface area contributed by atoms with Crippen LogP contribution >= 0.6 is 0 Å². The summed E-state index contributed by atoms with van der Waals surface area (Å²) in [4.78, 5) is 11.3. The van der Waals surface area contributed by atoms with E-state index in [1.807, 2.05) is 19.3 Å². The van der Waals surface area contributed by atoms with E-state index in [1.54, 1.807) is 0 Å². The number of rotatable bonds is 2. The second kappa shape index (κ2) is 4.94. The number of aromatic nitrogens is 2. The smallest absolute Gasteiger partial charge is 0.0727 e. The minimum atomic E-state index is 0.399. The van der Waals surface area contributed by atoms with E-state index in [-0.39, 0.29) is 0 Å². The summed E-state index contributed by atoms with van der Waals surface area (Å²) in [7, 11) is 0. The number of aryl methyl sites for hydroxylation is 1. The lowest BCUT2D eigenvalue weighted by Gasteiger charge is -2.41. The fourth-order valence-corrected chi connectivity index (χ4v) is 3.29. The van der Waals surface area contributed by atoms with Crippen molar-refractivity contribution < 1.29 is 0 Å². The highest BCUT2D eigenvalue weighted by Gasteiger charge is 2.37. The number of nitrogens with one attached hydrogen (secondary N) is 1. The van der Waals surface area contributed by atoms with E-state index < -0.39 is 0 Å². The molecule has 0 radical (unpaired) electrons. The van der Waals surface area contributed by atoms with Crippen LogP contribution in [0.3, 0.4) is 0 Å². The monoisotopic (exact) mass is 246 g/mol. The molecule has 98 valence electrons. The average molecular weight is 246 g/mol. The Hall–Kier alpha value is -1.00. The highest BCUT2D eigenvalue weighted by atomic mass is 15.2. The van der Waals surface area contributed by atoms with Crippen molar-refractivity contribution in [3.05, 3.63) is 23.8 Å². The van der Waals surface area contributed by atoms with Crippen molar-refractivity contribution in [1.82, 2.24) is 20.2 Å². The Morgan fingerprint density at radius 1 is 1.28 bits per heavy atom. The molecule has 0 bridgehead atoms. The van der Waals surface area contributed by atoms with Crippen molar-refractivity contribution in [2.75, 3.05) is 19.6 Å². The first-order valence-corrected chi connectivity index (χ1v) is 7.01. The molecule has 1 spiro atoms. The normalized spacial score (nSPS) is 23.6. The van der Waals surface area contributed by atoms with Crippen LogP contribution in [-0.2, 0) is 6.54 Å². The minimum Gasteiger partial charge on any atom is -0.309 e. The van der Waals surface area contributed by atoms with Gasteiger partial charge in [0.2, 0.25) is 0 Å². The molecule has 18 heavy (non-hydrogen) atoms. The van der Waals surface area contributed by atoms with Gasteiger partial charge in [-0.05, 0) is 19.8 Å². The molecule has 1 saturated heterocycles. The second-order valence-electron chi connectivity index (χ2n) is 5.77. The van der Waals surface area contributed by atoms with Gasteiger partial charge in [-0.3, -0.25) is 14.9 Å². The molecule has 0 amide bonds. The molecular weight excluding hydrogens is 224 g/mol. The zero-order chi connectivity index (χ0) is 12.4. The van der Waals surface area contributed by atoms with Crippen LogP contribution in [0.25, 0.3) is 0 Å². The van der Waals surface area contributed by atoms with Crippen molar-refractivity contribution in [2.24, 2.45) is 0 Å². The van der Waals surface area contributed by atoms with Crippen LogP contribution in [0.1, 0.15) is 37.1 Å². The van der Waals surface area contributed by atoms with Gasteiger partial charge >= 0.3 is 0 Å². The van der Waals surface area contributed by atoms with Crippen molar-refractivity contribution in [2.45, 2.75) is 44.7 Å². The molecule has 2 aliphatic rings. The third-order valence-electron chi connectivity index (χ3n) is 4.23. The first-order chi connectivity index (χ1) is 8.76. The summed E-state index contributed by atoms with van der Waals surface area (Å²) in [6.07, 6.45) is 9.21. The SMILES string of the molecule is Cc1cnc(CN2CCNC3(CCCC3)C2)cn1. The van der Waals surface area contributed by atoms with Crippen LogP contribution in [0, 0.1) is 6.92 Å². The summed E-state index contributed by atoms with van der Waals surface area (Å²) >= 11 is 0. The van der Waals surface area contributed by atoms with Crippen LogP contribution in [0.4, 0.5) is 0 Å². The minimum absolute atomic E-state index is 0.399. The molecule has 0 aromatic carbocycles. The molecular formula is C14H22N4. The summed E-state index contributed by atoms with van der Waals surface area (Å²) in [6, 6.07) is 0. The van der Waals surface area contributed by atoms with E-state index in [4.69, 9.17) is 0 Å². The summed E-state index contributed by atoms with van der Waals surface area (Å²) in [5.74, 6) is 0. The summed E-state index contributed by atoms with van der Waals surface area (Å²) in [5.41, 5.74) is 2.48.